The molecule has 2 aromatic heterocycles. The average Bonchev–Trinajstić information content (AvgIpc) is 3.16. The molecule has 134 valence electrons. The van der Waals surface area contributed by atoms with Gasteiger partial charge in [-0.05, 0) is 36.1 Å². The van der Waals surface area contributed by atoms with Gasteiger partial charge in [0.05, 0.1) is 5.75 Å². The van der Waals surface area contributed by atoms with Gasteiger partial charge in [-0.25, -0.2) is 4.98 Å². The average molecular weight is 367 g/mol. The van der Waals surface area contributed by atoms with Crippen LogP contribution in [-0.4, -0.2) is 31.8 Å². The number of anilines is 1. The summed E-state index contributed by atoms with van der Waals surface area (Å²) in [5.74, 6) is 1.25. The van der Waals surface area contributed by atoms with Crippen LogP contribution in [0.3, 0.4) is 0 Å². The van der Waals surface area contributed by atoms with E-state index in [0.717, 1.165) is 23.2 Å². The first kappa shape index (κ1) is 18.1. The Morgan fingerprint density at radius 3 is 2.77 bits per heavy atom. The van der Waals surface area contributed by atoms with Crippen LogP contribution in [0.25, 0.3) is 11.4 Å². The molecule has 0 radical (unpaired) electrons. The Hall–Kier alpha value is -2.67. The molecule has 3 aromatic rings. The number of nitrogens with zero attached hydrogens (tertiary/aromatic N) is 3. The molecule has 0 saturated carbocycles. The first-order chi connectivity index (χ1) is 12.7. The predicted molar refractivity (Wildman–Crippen MR) is 104 cm³/mol. The maximum absolute atomic E-state index is 12.3. The molecule has 0 bridgehead atoms. The molecule has 0 aliphatic carbocycles. The zero-order valence-electron chi connectivity index (χ0n) is 14.8. The fraction of sp³-hybridized carbons (Fsp3) is 0.263. The summed E-state index contributed by atoms with van der Waals surface area (Å²) in [6, 6.07) is 11.7. The van der Waals surface area contributed by atoms with E-state index in [0.29, 0.717) is 16.9 Å². The molecule has 1 atom stereocenters. The second kappa shape index (κ2) is 8.62. The number of pyridine rings is 1. The minimum absolute atomic E-state index is 0.0685. The zero-order valence-corrected chi connectivity index (χ0v) is 15.6. The van der Waals surface area contributed by atoms with Gasteiger partial charge in [0.1, 0.15) is 0 Å². The van der Waals surface area contributed by atoms with Crippen LogP contribution in [0.4, 0.5) is 5.69 Å². The number of thioether (sulfide) groups is 1. The molecule has 6 nitrogen and oxygen atoms in total. The number of hydrogen-bond acceptors (Lipinski definition) is 5. The Labute approximate surface area is 156 Å². The number of hydrogen-bond donors (Lipinski definition) is 2. The van der Waals surface area contributed by atoms with Gasteiger partial charge in [-0.15, -0.1) is 5.10 Å². The Morgan fingerprint density at radius 1 is 1.23 bits per heavy atom. The number of amides is 1. The first-order valence-electron chi connectivity index (χ1n) is 8.51. The van der Waals surface area contributed by atoms with E-state index >= 15 is 0 Å². The highest BCUT2D eigenvalue weighted by Gasteiger charge is 2.13. The fourth-order valence-corrected chi connectivity index (χ4v) is 3.13. The lowest BCUT2D eigenvalue weighted by Crippen LogP contribution is -2.16. The molecule has 2 heterocycles. The van der Waals surface area contributed by atoms with E-state index in [1.807, 2.05) is 30.3 Å². The van der Waals surface area contributed by atoms with Crippen molar-refractivity contribution in [2.75, 3.05) is 11.1 Å². The summed E-state index contributed by atoms with van der Waals surface area (Å²) in [4.78, 5) is 20.7. The largest absolute Gasteiger partial charge is 0.325 e. The highest BCUT2D eigenvalue weighted by molar-refractivity contribution is 7.99. The maximum Gasteiger partial charge on any atom is 0.234 e. The molecule has 0 fully saturated rings. The van der Waals surface area contributed by atoms with Crippen molar-refractivity contribution in [3.05, 3.63) is 54.4 Å². The third-order valence-electron chi connectivity index (χ3n) is 4.13. The molecule has 26 heavy (non-hydrogen) atoms. The van der Waals surface area contributed by atoms with E-state index in [4.69, 9.17) is 0 Å². The lowest BCUT2D eigenvalue weighted by atomic mass is 9.97. The van der Waals surface area contributed by atoms with Crippen molar-refractivity contribution >= 4 is 23.4 Å². The Morgan fingerprint density at radius 2 is 2.00 bits per heavy atom. The fourth-order valence-electron chi connectivity index (χ4n) is 2.53. The van der Waals surface area contributed by atoms with Crippen molar-refractivity contribution in [2.45, 2.75) is 31.3 Å². The van der Waals surface area contributed by atoms with Crippen LogP contribution < -0.4 is 5.32 Å². The van der Waals surface area contributed by atoms with Gasteiger partial charge in [0, 0.05) is 23.6 Å². The highest BCUT2D eigenvalue weighted by Crippen LogP contribution is 2.27. The lowest BCUT2D eigenvalue weighted by Gasteiger charge is -2.15. The smallest absolute Gasteiger partial charge is 0.234 e. The third-order valence-corrected chi connectivity index (χ3v) is 4.98. The molecule has 1 amide bonds. The number of nitrogens with one attached hydrogen (secondary N) is 2. The third kappa shape index (κ3) is 4.49. The van der Waals surface area contributed by atoms with E-state index < -0.39 is 0 Å². The van der Waals surface area contributed by atoms with Crippen molar-refractivity contribution in [2.24, 2.45) is 0 Å². The second-order valence-corrected chi connectivity index (χ2v) is 6.88. The highest BCUT2D eigenvalue weighted by atomic mass is 32.2. The van der Waals surface area contributed by atoms with Gasteiger partial charge in [-0.1, -0.05) is 43.8 Å². The van der Waals surface area contributed by atoms with Crippen molar-refractivity contribution < 1.29 is 4.79 Å². The Balaban J connectivity index is 1.59. The Bertz CT molecular complexity index is 865. The molecule has 0 saturated heterocycles. The van der Waals surface area contributed by atoms with Crippen molar-refractivity contribution in [1.29, 1.82) is 0 Å². The van der Waals surface area contributed by atoms with Crippen LogP contribution in [-0.2, 0) is 4.79 Å². The number of para-hydroxylation sites is 1. The van der Waals surface area contributed by atoms with Crippen LogP contribution >= 0.6 is 11.8 Å². The van der Waals surface area contributed by atoms with Crippen LogP contribution in [0.2, 0.25) is 0 Å². The van der Waals surface area contributed by atoms with Gasteiger partial charge >= 0.3 is 0 Å². The van der Waals surface area contributed by atoms with E-state index in [9.17, 15) is 4.79 Å². The number of benzene rings is 1. The van der Waals surface area contributed by atoms with Crippen LogP contribution in [0, 0.1) is 0 Å². The molecule has 3 rings (SSSR count). The van der Waals surface area contributed by atoms with Crippen LogP contribution in [0.1, 0.15) is 31.7 Å². The zero-order chi connectivity index (χ0) is 18.4. The van der Waals surface area contributed by atoms with E-state index in [2.05, 4.69) is 45.4 Å². The topological polar surface area (TPSA) is 83.6 Å². The summed E-state index contributed by atoms with van der Waals surface area (Å²) in [7, 11) is 0. The van der Waals surface area contributed by atoms with E-state index in [1.54, 1.807) is 12.4 Å². The summed E-state index contributed by atoms with van der Waals surface area (Å²) in [5.41, 5.74) is 2.94. The molecular formula is C19H21N5OS. The summed E-state index contributed by atoms with van der Waals surface area (Å²) in [6.07, 6.45) is 4.43. The number of carbonyl (C=O) groups is 1. The minimum Gasteiger partial charge on any atom is -0.325 e. The SMILES string of the molecule is CC[C@H](C)c1ccccc1NC(=O)CSc1n[nH]c(-c2ccncc2)n1. The van der Waals surface area contributed by atoms with E-state index in [-0.39, 0.29) is 11.7 Å². The minimum atomic E-state index is -0.0685. The lowest BCUT2D eigenvalue weighted by molar-refractivity contribution is -0.113. The summed E-state index contributed by atoms with van der Waals surface area (Å²) < 4.78 is 0. The summed E-state index contributed by atoms with van der Waals surface area (Å²) in [5, 5.41) is 10.6. The van der Waals surface area contributed by atoms with Gasteiger partial charge in [-0.2, -0.15) is 0 Å². The molecular weight excluding hydrogens is 346 g/mol. The quantitative estimate of drug-likeness (QED) is 0.614. The number of aromatic amines is 1. The summed E-state index contributed by atoms with van der Waals surface area (Å²) >= 11 is 1.30. The number of rotatable bonds is 7. The monoisotopic (exact) mass is 367 g/mol. The van der Waals surface area contributed by atoms with Gasteiger partial charge in [-0.3, -0.25) is 14.9 Å². The summed E-state index contributed by atoms with van der Waals surface area (Å²) in [6.45, 7) is 4.30. The van der Waals surface area contributed by atoms with Crippen LogP contribution in [0.5, 0.6) is 0 Å². The molecule has 0 spiro atoms. The first-order valence-corrected chi connectivity index (χ1v) is 9.50. The molecule has 0 aliphatic rings. The predicted octanol–water partition coefficient (Wildman–Crippen LogP) is 4.11. The van der Waals surface area contributed by atoms with Crippen molar-refractivity contribution in [3.63, 3.8) is 0 Å². The molecule has 1 aromatic carbocycles. The molecule has 0 unspecified atom stereocenters. The molecule has 0 aliphatic heterocycles. The van der Waals surface area contributed by atoms with Gasteiger partial charge < -0.3 is 5.32 Å². The Kier molecular flexibility index (Phi) is 6.01. The van der Waals surface area contributed by atoms with Gasteiger partial charge in [0.25, 0.3) is 0 Å². The standard InChI is InChI=1S/C19H21N5OS/c1-3-13(2)15-6-4-5-7-16(15)21-17(25)12-26-19-22-18(23-24-19)14-8-10-20-11-9-14/h4-11,13H,3,12H2,1-2H3,(H,21,25)(H,22,23,24)/t13-/m0/s1. The van der Waals surface area contributed by atoms with Crippen molar-refractivity contribution in [3.8, 4) is 11.4 Å². The van der Waals surface area contributed by atoms with Crippen LogP contribution in [0.15, 0.2) is 53.9 Å². The molecule has 7 heteroatoms. The second-order valence-electron chi connectivity index (χ2n) is 5.94. The number of H-pyrrole nitrogens is 1. The maximum atomic E-state index is 12.3. The molecule has 2 N–H and O–H groups in total. The van der Waals surface area contributed by atoms with Gasteiger partial charge in [0.2, 0.25) is 11.1 Å². The number of aromatic nitrogens is 4. The van der Waals surface area contributed by atoms with E-state index in [1.165, 1.54) is 11.8 Å². The van der Waals surface area contributed by atoms with Gasteiger partial charge in [0.15, 0.2) is 5.82 Å². The van der Waals surface area contributed by atoms with Crippen molar-refractivity contribution in [1.82, 2.24) is 20.2 Å². The normalized spacial score (nSPS) is 11.9. The number of carbonyl (C=O) groups excluding carboxylic acids is 1.